The third-order valence-electron chi connectivity index (χ3n) is 5.19. The molecule has 3 aromatic heterocycles. The number of fused-ring (bicyclic) bond motifs is 1. The Morgan fingerprint density at radius 3 is 2.69 bits per heavy atom. The molecular weight excluding hydrogens is 368 g/mol. The molecule has 8 heteroatoms. The molecule has 5 rings (SSSR count). The third-order valence-corrected chi connectivity index (χ3v) is 5.19. The number of aromatic amines is 1. The highest BCUT2D eigenvalue weighted by Crippen LogP contribution is 2.23. The van der Waals surface area contributed by atoms with Gasteiger partial charge in [-0.2, -0.15) is 10.2 Å². The van der Waals surface area contributed by atoms with E-state index in [-0.39, 0.29) is 17.4 Å². The minimum atomic E-state index is -0.147. The molecule has 29 heavy (non-hydrogen) atoms. The van der Waals surface area contributed by atoms with Gasteiger partial charge in [0.2, 0.25) is 0 Å². The Balaban J connectivity index is 1.28. The van der Waals surface area contributed by atoms with Crippen LogP contribution in [-0.2, 0) is 6.54 Å². The predicted octanol–water partition coefficient (Wildman–Crippen LogP) is 1.95. The molecular formula is C21H18N6O2. The van der Waals surface area contributed by atoms with E-state index in [0.29, 0.717) is 25.3 Å². The van der Waals surface area contributed by atoms with Crippen LogP contribution in [0.15, 0.2) is 65.7 Å². The lowest BCUT2D eigenvalue weighted by molar-refractivity contribution is 0.0454. The van der Waals surface area contributed by atoms with Crippen LogP contribution in [0, 0.1) is 5.92 Å². The van der Waals surface area contributed by atoms with Gasteiger partial charge in [-0.1, -0.05) is 18.2 Å². The van der Waals surface area contributed by atoms with Crippen LogP contribution in [0.3, 0.4) is 0 Å². The number of H-pyrrole nitrogens is 1. The minimum Gasteiger partial charge on any atom is -0.336 e. The first-order valence-corrected chi connectivity index (χ1v) is 9.40. The van der Waals surface area contributed by atoms with E-state index >= 15 is 0 Å². The summed E-state index contributed by atoms with van der Waals surface area (Å²) in [6.45, 7) is 1.63. The van der Waals surface area contributed by atoms with Crippen molar-refractivity contribution in [2.45, 2.75) is 6.54 Å². The van der Waals surface area contributed by atoms with Gasteiger partial charge in [-0.05, 0) is 24.3 Å². The van der Waals surface area contributed by atoms with Crippen LogP contribution in [0.2, 0.25) is 0 Å². The lowest BCUT2D eigenvalue weighted by atomic mass is 9.99. The SMILES string of the molecule is O=C(c1n[nH]c2ccccc12)N1CC(Cn2nc(-c3ccncc3)ccc2=O)C1. The maximum absolute atomic E-state index is 12.8. The summed E-state index contributed by atoms with van der Waals surface area (Å²) in [6.07, 6.45) is 3.39. The van der Waals surface area contributed by atoms with Crippen molar-refractivity contribution in [2.24, 2.45) is 5.92 Å². The van der Waals surface area contributed by atoms with E-state index in [4.69, 9.17) is 0 Å². The van der Waals surface area contributed by atoms with Crippen molar-refractivity contribution in [3.8, 4) is 11.3 Å². The largest absolute Gasteiger partial charge is 0.336 e. The maximum Gasteiger partial charge on any atom is 0.275 e. The summed E-state index contributed by atoms with van der Waals surface area (Å²) in [6, 6.07) is 14.5. The number of pyridine rings is 1. The Hall–Kier alpha value is -3.81. The van der Waals surface area contributed by atoms with Crippen LogP contribution in [-0.4, -0.2) is 48.9 Å². The molecule has 1 saturated heterocycles. The topological polar surface area (TPSA) is 96.8 Å². The van der Waals surface area contributed by atoms with Crippen LogP contribution < -0.4 is 5.56 Å². The quantitative estimate of drug-likeness (QED) is 0.578. The van der Waals surface area contributed by atoms with Gasteiger partial charge < -0.3 is 4.90 Å². The summed E-state index contributed by atoms with van der Waals surface area (Å²) >= 11 is 0. The Labute approximate surface area is 165 Å². The molecule has 4 aromatic rings. The van der Waals surface area contributed by atoms with Gasteiger partial charge in [-0.25, -0.2) is 4.68 Å². The zero-order chi connectivity index (χ0) is 19.8. The lowest BCUT2D eigenvalue weighted by Gasteiger charge is -2.38. The van der Waals surface area contributed by atoms with Crippen LogP contribution in [0.1, 0.15) is 10.5 Å². The van der Waals surface area contributed by atoms with E-state index in [2.05, 4.69) is 20.3 Å². The summed E-state index contributed by atoms with van der Waals surface area (Å²) in [5.41, 5.74) is 2.77. The Kier molecular flexibility index (Phi) is 4.16. The number of aromatic nitrogens is 5. The zero-order valence-electron chi connectivity index (χ0n) is 15.5. The molecule has 4 heterocycles. The molecule has 8 nitrogen and oxygen atoms in total. The number of likely N-dealkylation sites (tertiary alicyclic amines) is 1. The molecule has 0 atom stereocenters. The highest BCUT2D eigenvalue weighted by atomic mass is 16.2. The molecule has 1 aliphatic heterocycles. The molecule has 1 N–H and O–H groups in total. The number of nitrogens with one attached hydrogen (secondary N) is 1. The van der Waals surface area contributed by atoms with Crippen molar-refractivity contribution in [1.82, 2.24) is 29.9 Å². The first-order chi connectivity index (χ1) is 14.2. The van der Waals surface area contributed by atoms with Gasteiger partial charge in [0.25, 0.3) is 11.5 Å². The number of carbonyl (C=O) groups excluding carboxylic acids is 1. The van der Waals surface area contributed by atoms with Crippen LogP contribution in [0.5, 0.6) is 0 Å². The first kappa shape index (κ1) is 17.3. The van der Waals surface area contributed by atoms with E-state index in [9.17, 15) is 9.59 Å². The highest BCUT2D eigenvalue weighted by molar-refractivity contribution is 6.04. The molecule has 0 radical (unpaired) electrons. The monoisotopic (exact) mass is 386 g/mol. The zero-order valence-corrected chi connectivity index (χ0v) is 15.5. The number of benzene rings is 1. The van der Waals surface area contributed by atoms with Gasteiger partial charge in [0.1, 0.15) is 0 Å². The number of hydrogen-bond donors (Lipinski definition) is 1. The number of nitrogens with zero attached hydrogens (tertiary/aromatic N) is 5. The second-order valence-corrected chi connectivity index (χ2v) is 7.17. The summed E-state index contributed by atoms with van der Waals surface area (Å²) in [5, 5.41) is 12.4. The van der Waals surface area contributed by atoms with Crippen LogP contribution in [0.4, 0.5) is 0 Å². The average Bonchev–Trinajstić information content (AvgIpc) is 3.16. The summed E-state index contributed by atoms with van der Waals surface area (Å²) in [7, 11) is 0. The average molecular weight is 386 g/mol. The molecule has 1 amide bonds. The molecule has 1 fully saturated rings. The van der Waals surface area contributed by atoms with Crippen molar-refractivity contribution >= 4 is 16.8 Å². The minimum absolute atomic E-state index is 0.0930. The second-order valence-electron chi connectivity index (χ2n) is 7.17. The van der Waals surface area contributed by atoms with Gasteiger partial charge in [0.15, 0.2) is 5.69 Å². The van der Waals surface area contributed by atoms with Gasteiger partial charge in [0, 0.05) is 48.4 Å². The Morgan fingerprint density at radius 2 is 1.86 bits per heavy atom. The van der Waals surface area contributed by atoms with Crippen molar-refractivity contribution in [3.05, 3.63) is 77.0 Å². The van der Waals surface area contributed by atoms with Crippen molar-refractivity contribution in [2.75, 3.05) is 13.1 Å². The number of amides is 1. The Morgan fingerprint density at radius 1 is 1.07 bits per heavy atom. The summed E-state index contributed by atoms with van der Waals surface area (Å²) in [4.78, 5) is 30.7. The van der Waals surface area contributed by atoms with Gasteiger partial charge in [0.05, 0.1) is 17.8 Å². The number of carbonyl (C=O) groups is 1. The maximum atomic E-state index is 12.8. The third kappa shape index (κ3) is 3.18. The molecule has 1 aliphatic rings. The second kappa shape index (κ2) is 6.97. The molecule has 0 saturated carbocycles. The van der Waals surface area contributed by atoms with Crippen molar-refractivity contribution in [1.29, 1.82) is 0 Å². The molecule has 0 bridgehead atoms. The van der Waals surface area contributed by atoms with E-state index in [0.717, 1.165) is 22.2 Å². The van der Waals surface area contributed by atoms with Crippen LogP contribution >= 0.6 is 0 Å². The highest BCUT2D eigenvalue weighted by Gasteiger charge is 2.33. The van der Waals surface area contributed by atoms with Gasteiger partial charge in [-0.3, -0.25) is 19.7 Å². The number of para-hydroxylation sites is 1. The Bertz CT molecular complexity index is 1240. The predicted molar refractivity (Wildman–Crippen MR) is 107 cm³/mol. The fourth-order valence-corrected chi connectivity index (χ4v) is 3.63. The number of hydrogen-bond acceptors (Lipinski definition) is 5. The molecule has 1 aromatic carbocycles. The van der Waals surface area contributed by atoms with E-state index < -0.39 is 0 Å². The van der Waals surface area contributed by atoms with Gasteiger partial charge >= 0.3 is 0 Å². The molecule has 0 unspecified atom stereocenters. The molecule has 0 spiro atoms. The summed E-state index contributed by atoms with van der Waals surface area (Å²) < 4.78 is 1.48. The molecule has 144 valence electrons. The van der Waals surface area contributed by atoms with Crippen LogP contribution in [0.25, 0.3) is 22.2 Å². The smallest absolute Gasteiger partial charge is 0.275 e. The number of rotatable bonds is 4. The molecule has 0 aliphatic carbocycles. The standard InChI is InChI=1S/C21H18N6O2/c28-19-6-5-17(15-7-9-22-10-8-15)25-27(19)13-14-11-26(12-14)21(29)20-16-3-1-2-4-18(16)23-24-20/h1-10,14H,11-13H2,(H,23,24). The lowest BCUT2D eigenvalue weighted by Crippen LogP contribution is -2.52. The normalized spacial score (nSPS) is 14.1. The fourth-order valence-electron chi connectivity index (χ4n) is 3.63. The van der Waals surface area contributed by atoms with E-state index in [1.54, 1.807) is 23.4 Å². The fraction of sp³-hybridized carbons (Fsp3) is 0.190. The van der Waals surface area contributed by atoms with E-state index in [1.165, 1.54) is 10.7 Å². The van der Waals surface area contributed by atoms with Gasteiger partial charge in [-0.15, -0.1) is 0 Å². The first-order valence-electron chi connectivity index (χ1n) is 9.40. The van der Waals surface area contributed by atoms with Crippen molar-refractivity contribution in [3.63, 3.8) is 0 Å². The van der Waals surface area contributed by atoms with E-state index in [1.807, 2.05) is 36.4 Å². The van der Waals surface area contributed by atoms with Crippen molar-refractivity contribution < 1.29 is 4.79 Å². The summed E-state index contributed by atoms with van der Waals surface area (Å²) in [5.74, 6) is 0.0894.